The summed E-state index contributed by atoms with van der Waals surface area (Å²) < 4.78 is 0. The van der Waals surface area contributed by atoms with E-state index in [4.69, 9.17) is 11.6 Å². The standard InChI is InChI=1S/C12H12ClNO4/c13-10-7(16)5-8(17)11(18)9(10)12(14-6-15)3-1-2-4-12/h5,16-18H,1-4H2. The molecule has 96 valence electrons. The Balaban J connectivity index is 2.72. The van der Waals surface area contributed by atoms with Crippen molar-refractivity contribution in [2.24, 2.45) is 4.99 Å². The number of hydrogen-bond acceptors (Lipinski definition) is 5. The van der Waals surface area contributed by atoms with Crippen molar-refractivity contribution in [3.05, 3.63) is 16.7 Å². The summed E-state index contributed by atoms with van der Waals surface area (Å²) in [6.45, 7) is 0. The van der Waals surface area contributed by atoms with Gasteiger partial charge in [0.2, 0.25) is 6.08 Å². The minimum absolute atomic E-state index is 0.0915. The Bertz CT molecular complexity index is 505. The molecule has 0 spiro atoms. The van der Waals surface area contributed by atoms with Gasteiger partial charge in [-0.1, -0.05) is 24.4 Å². The van der Waals surface area contributed by atoms with Crippen molar-refractivity contribution < 1.29 is 20.1 Å². The third-order valence-electron chi connectivity index (χ3n) is 3.35. The molecule has 1 aliphatic carbocycles. The molecule has 0 aliphatic heterocycles. The Morgan fingerprint density at radius 2 is 1.83 bits per heavy atom. The summed E-state index contributed by atoms with van der Waals surface area (Å²) in [5, 5.41) is 29.0. The summed E-state index contributed by atoms with van der Waals surface area (Å²) in [6.07, 6.45) is 4.14. The highest BCUT2D eigenvalue weighted by Crippen LogP contribution is 2.52. The predicted octanol–water partition coefficient (Wildman–Crippen LogP) is 2.56. The zero-order valence-electron chi connectivity index (χ0n) is 9.48. The summed E-state index contributed by atoms with van der Waals surface area (Å²) in [5.74, 6) is -1.28. The molecule has 1 aliphatic rings. The molecule has 1 fully saturated rings. The van der Waals surface area contributed by atoms with Crippen LogP contribution < -0.4 is 0 Å². The van der Waals surface area contributed by atoms with Crippen LogP contribution in [-0.4, -0.2) is 21.4 Å². The van der Waals surface area contributed by atoms with E-state index in [0.717, 1.165) is 18.9 Å². The van der Waals surface area contributed by atoms with Gasteiger partial charge in [0.05, 0.1) is 5.02 Å². The fraction of sp³-hybridized carbons (Fsp3) is 0.417. The van der Waals surface area contributed by atoms with Gasteiger partial charge in [0.25, 0.3) is 0 Å². The highest BCUT2D eigenvalue weighted by atomic mass is 35.5. The number of phenols is 3. The van der Waals surface area contributed by atoms with Crippen molar-refractivity contribution >= 4 is 17.7 Å². The number of halogens is 1. The Hall–Kier alpha value is -1.71. The van der Waals surface area contributed by atoms with E-state index in [1.807, 2.05) is 0 Å². The van der Waals surface area contributed by atoms with Crippen molar-refractivity contribution in [2.45, 2.75) is 31.2 Å². The monoisotopic (exact) mass is 269 g/mol. The van der Waals surface area contributed by atoms with Crippen LogP contribution in [0, 0.1) is 0 Å². The molecule has 0 saturated heterocycles. The van der Waals surface area contributed by atoms with Crippen LogP contribution in [-0.2, 0) is 10.3 Å². The maximum Gasteiger partial charge on any atom is 0.235 e. The van der Waals surface area contributed by atoms with Crippen LogP contribution in [0.1, 0.15) is 31.2 Å². The van der Waals surface area contributed by atoms with Gasteiger partial charge in [0.1, 0.15) is 11.3 Å². The van der Waals surface area contributed by atoms with Gasteiger partial charge in [0, 0.05) is 11.6 Å². The zero-order chi connectivity index (χ0) is 13.3. The second-order valence-corrected chi connectivity index (χ2v) is 4.77. The Morgan fingerprint density at radius 3 is 2.39 bits per heavy atom. The van der Waals surface area contributed by atoms with E-state index >= 15 is 0 Å². The van der Waals surface area contributed by atoms with Crippen LogP contribution in [0.3, 0.4) is 0 Å². The molecule has 1 aromatic rings. The maximum absolute atomic E-state index is 10.6. The van der Waals surface area contributed by atoms with Crippen molar-refractivity contribution in [1.29, 1.82) is 0 Å². The van der Waals surface area contributed by atoms with Gasteiger partial charge in [-0.25, -0.2) is 4.79 Å². The minimum Gasteiger partial charge on any atom is -0.506 e. The molecule has 0 amide bonds. The van der Waals surface area contributed by atoms with Crippen molar-refractivity contribution in [1.82, 2.24) is 0 Å². The summed E-state index contributed by atoms with van der Waals surface area (Å²) in [7, 11) is 0. The van der Waals surface area contributed by atoms with Gasteiger partial charge in [-0.3, -0.25) is 0 Å². The molecule has 1 saturated carbocycles. The molecular formula is C12H12ClNO4. The molecular weight excluding hydrogens is 258 g/mol. The zero-order valence-corrected chi connectivity index (χ0v) is 10.2. The lowest BCUT2D eigenvalue weighted by atomic mass is 9.87. The molecule has 0 aromatic heterocycles. The van der Waals surface area contributed by atoms with Crippen molar-refractivity contribution in [3.8, 4) is 17.2 Å². The molecule has 1 aromatic carbocycles. The highest BCUT2D eigenvalue weighted by molar-refractivity contribution is 6.33. The van der Waals surface area contributed by atoms with Crippen molar-refractivity contribution in [3.63, 3.8) is 0 Å². The fourth-order valence-electron chi connectivity index (χ4n) is 2.51. The molecule has 0 heterocycles. The van der Waals surface area contributed by atoms with Gasteiger partial charge in [-0.15, -0.1) is 0 Å². The van der Waals surface area contributed by atoms with Crippen molar-refractivity contribution in [2.75, 3.05) is 0 Å². The van der Waals surface area contributed by atoms with Crippen LogP contribution in [0.15, 0.2) is 11.1 Å². The normalized spacial score (nSPS) is 17.4. The number of phenolic OH excluding ortho intramolecular Hbond substituents is 3. The Morgan fingerprint density at radius 1 is 1.22 bits per heavy atom. The van der Waals surface area contributed by atoms with Gasteiger partial charge in [-0.05, 0) is 12.8 Å². The molecule has 2 rings (SSSR count). The minimum atomic E-state index is -1.00. The first-order valence-corrected chi connectivity index (χ1v) is 5.92. The molecule has 5 nitrogen and oxygen atoms in total. The average molecular weight is 270 g/mol. The summed E-state index contributed by atoms with van der Waals surface area (Å²) >= 11 is 5.96. The van der Waals surface area contributed by atoms with E-state index in [9.17, 15) is 20.1 Å². The lowest BCUT2D eigenvalue weighted by molar-refractivity contribution is 0.367. The molecule has 0 bridgehead atoms. The maximum atomic E-state index is 10.6. The Kier molecular flexibility index (Phi) is 3.20. The predicted molar refractivity (Wildman–Crippen MR) is 64.7 cm³/mol. The molecule has 6 heteroatoms. The Labute approximate surface area is 108 Å². The van der Waals surface area contributed by atoms with E-state index < -0.39 is 17.0 Å². The molecule has 0 unspecified atom stereocenters. The summed E-state index contributed by atoms with van der Waals surface area (Å²) in [6, 6.07) is 0.953. The summed E-state index contributed by atoms with van der Waals surface area (Å²) in [4.78, 5) is 14.3. The van der Waals surface area contributed by atoms with E-state index in [2.05, 4.69) is 4.99 Å². The number of isocyanates is 1. The van der Waals surface area contributed by atoms with Crippen LogP contribution in [0.4, 0.5) is 0 Å². The number of nitrogens with zero attached hydrogens (tertiary/aromatic N) is 1. The van der Waals surface area contributed by atoms with E-state index in [-0.39, 0.29) is 16.3 Å². The van der Waals surface area contributed by atoms with Crippen LogP contribution in [0.2, 0.25) is 5.02 Å². The van der Waals surface area contributed by atoms with Crippen LogP contribution in [0.5, 0.6) is 17.2 Å². The number of carbonyl (C=O) groups excluding carboxylic acids is 1. The first-order valence-electron chi connectivity index (χ1n) is 5.55. The molecule has 0 atom stereocenters. The largest absolute Gasteiger partial charge is 0.506 e. The van der Waals surface area contributed by atoms with Gasteiger partial charge in [-0.2, -0.15) is 4.99 Å². The lowest BCUT2D eigenvalue weighted by Crippen LogP contribution is -2.19. The average Bonchev–Trinajstić information content (AvgIpc) is 2.77. The van der Waals surface area contributed by atoms with E-state index in [1.165, 1.54) is 6.08 Å². The smallest absolute Gasteiger partial charge is 0.235 e. The second kappa shape index (κ2) is 4.52. The lowest BCUT2D eigenvalue weighted by Gasteiger charge is -2.25. The number of aromatic hydroxyl groups is 3. The fourth-order valence-corrected chi connectivity index (χ4v) is 2.83. The first-order chi connectivity index (χ1) is 8.52. The van der Waals surface area contributed by atoms with Gasteiger partial charge < -0.3 is 15.3 Å². The SMILES string of the molecule is O=C=NC1(c2c(O)c(O)cc(O)c2Cl)CCCC1. The van der Waals surface area contributed by atoms with Crippen LogP contribution in [0.25, 0.3) is 0 Å². The highest BCUT2D eigenvalue weighted by Gasteiger charge is 2.41. The van der Waals surface area contributed by atoms with Gasteiger partial charge in [0.15, 0.2) is 11.5 Å². The van der Waals surface area contributed by atoms with E-state index in [0.29, 0.717) is 12.8 Å². The third kappa shape index (κ3) is 1.82. The molecule has 0 radical (unpaired) electrons. The number of hydrogen-bond donors (Lipinski definition) is 3. The topological polar surface area (TPSA) is 90.1 Å². The first kappa shape index (κ1) is 12.7. The number of rotatable bonds is 2. The number of aliphatic imine (C=N–C) groups is 1. The number of benzene rings is 1. The second-order valence-electron chi connectivity index (χ2n) is 4.39. The van der Waals surface area contributed by atoms with Crippen LogP contribution >= 0.6 is 11.6 Å². The van der Waals surface area contributed by atoms with Gasteiger partial charge >= 0.3 is 0 Å². The molecule has 18 heavy (non-hydrogen) atoms. The molecule has 3 N–H and O–H groups in total. The quantitative estimate of drug-likeness (QED) is 0.333. The summed E-state index contributed by atoms with van der Waals surface area (Å²) in [5.41, 5.74) is -0.901. The third-order valence-corrected chi connectivity index (χ3v) is 3.74. The van der Waals surface area contributed by atoms with E-state index in [1.54, 1.807) is 0 Å².